The van der Waals surface area contributed by atoms with Crippen molar-refractivity contribution in [2.45, 2.75) is 57.9 Å². The summed E-state index contributed by atoms with van der Waals surface area (Å²) in [7, 11) is 0. The van der Waals surface area contributed by atoms with Gasteiger partial charge in [0.05, 0.1) is 16.4 Å². The Morgan fingerprint density at radius 2 is 1.95 bits per heavy atom. The number of imidazole rings is 1. The minimum Gasteiger partial charge on any atom is -0.323 e. The number of nitrogens with zero attached hydrogens (tertiary/aromatic N) is 2. The molecule has 1 aliphatic rings. The Bertz CT molecular complexity index is 609. The van der Waals surface area contributed by atoms with Crippen LogP contribution in [0.3, 0.4) is 0 Å². The predicted molar refractivity (Wildman–Crippen MR) is 85.4 cm³/mol. The lowest BCUT2D eigenvalue weighted by molar-refractivity contribution is 0.359. The van der Waals surface area contributed by atoms with Crippen molar-refractivity contribution in [3.05, 3.63) is 29.6 Å². The summed E-state index contributed by atoms with van der Waals surface area (Å²) in [5.41, 5.74) is 3.65. The lowest BCUT2D eigenvalue weighted by Crippen LogP contribution is -2.17. The van der Waals surface area contributed by atoms with E-state index in [-0.39, 0.29) is 5.38 Å². The van der Waals surface area contributed by atoms with E-state index >= 15 is 0 Å². The van der Waals surface area contributed by atoms with Crippen molar-refractivity contribution in [1.82, 2.24) is 9.55 Å². The third-order valence-corrected chi connectivity index (χ3v) is 4.98. The summed E-state index contributed by atoms with van der Waals surface area (Å²) in [4.78, 5) is 4.80. The van der Waals surface area contributed by atoms with Crippen molar-refractivity contribution >= 4 is 22.6 Å². The van der Waals surface area contributed by atoms with Gasteiger partial charge in [0.15, 0.2) is 0 Å². The van der Waals surface area contributed by atoms with Gasteiger partial charge in [0.2, 0.25) is 0 Å². The molecule has 0 radical (unpaired) electrons. The predicted octanol–water partition coefficient (Wildman–Crippen LogP) is 5.40. The standard InChI is InChI=1S/C17H23ClN2/c1-11-7-6-10-15-16(11)20(17(19-15)12(2)18)13(3)14-8-4-5-9-14/h6-7,10,12-14H,4-5,8-9H2,1-3H3. The van der Waals surface area contributed by atoms with Crippen LogP contribution in [0.1, 0.15) is 62.3 Å². The molecule has 1 aliphatic carbocycles. The van der Waals surface area contributed by atoms with E-state index in [2.05, 4.69) is 36.6 Å². The molecule has 1 heterocycles. The average molecular weight is 291 g/mol. The van der Waals surface area contributed by atoms with Gasteiger partial charge in [-0.1, -0.05) is 25.0 Å². The van der Waals surface area contributed by atoms with Gasteiger partial charge >= 0.3 is 0 Å². The molecule has 3 rings (SSSR count). The van der Waals surface area contributed by atoms with Crippen LogP contribution in [-0.2, 0) is 0 Å². The van der Waals surface area contributed by atoms with Crippen LogP contribution in [0.4, 0.5) is 0 Å². The molecule has 2 aromatic rings. The van der Waals surface area contributed by atoms with Gasteiger partial charge in [-0.2, -0.15) is 0 Å². The second-order valence-electron chi connectivity index (χ2n) is 6.18. The third-order valence-electron chi connectivity index (χ3n) is 4.78. The van der Waals surface area contributed by atoms with Gasteiger partial charge in [0, 0.05) is 6.04 Å². The SMILES string of the molecule is Cc1cccc2nc(C(C)Cl)n(C(C)C3CCCC3)c12. The van der Waals surface area contributed by atoms with Crippen LogP contribution in [0, 0.1) is 12.8 Å². The normalized spacial score (nSPS) is 19.6. The fourth-order valence-corrected chi connectivity index (χ4v) is 3.84. The smallest absolute Gasteiger partial charge is 0.127 e. The number of aromatic nitrogens is 2. The van der Waals surface area contributed by atoms with Crippen LogP contribution < -0.4 is 0 Å². The first kappa shape index (κ1) is 13.9. The number of rotatable bonds is 3. The molecule has 108 valence electrons. The van der Waals surface area contributed by atoms with E-state index in [4.69, 9.17) is 16.6 Å². The average Bonchev–Trinajstić information content (AvgIpc) is 3.06. The molecule has 20 heavy (non-hydrogen) atoms. The molecule has 0 spiro atoms. The molecule has 0 saturated heterocycles. The largest absolute Gasteiger partial charge is 0.323 e. The number of fused-ring (bicyclic) bond motifs is 1. The second kappa shape index (κ2) is 5.40. The Kier molecular flexibility index (Phi) is 3.76. The lowest BCUT2D eigenvalue weighted by Gasteiger charge is -2.24. The Labute approximate surface area is 126 Å². The highest BCUT2D eigenvalue weighted by Gasteiger charge is 2.27. The van der Waals surface area contributed by atoms with Gasteiger partial charge in [-0.15, -0.1) is 11.6 Å². The molecule has 1 fully saturated rings. The second-order valence-corrected chi connectivity index (χ2v) is 6.84. The fourth-order valence-electron chi connectivity index (χ4n) is 3.68. The van der Waals surface area contributed by atoms with Crippen LogP contribution in [0.25, 0.3) is 11.0 Å². The molecule has 2 nitrogen and oxygen atoms in total. The molecule has 3 heteroatoms. The molecule has 0 aliphatic heterocycles. The molecule has 1 saturated carbocycles. The van der Waals surface area contributed by atoms with E-state index in [9.17, 15) is 0 Å². The van der Waals surface area contributed by atoms with Crippen molar-refractivity contribution in [1.29, 1.82) is 0 Å². The van der Waals surface area contributed by atoms with Crippen LogP contribution in [0.2, 0.25) is 0 Å². The molecular formula is C17H23ClN2. The molecular weight excluding hydrogens is 268 g/mol. The zero-order valence-corrected chi connectivity index (χ0v) is 13.3. The number of halogens is 1. The van der Waals surface area contributed by atoms with Gasteiger partial charge in [-0.25, -0.2) is 4.98 Å². The first-order valence-corrected chi connectivity index (χ1v) is 8.14. The maximum Gasteiger partial charge on any atom is 0.127 e. The molecule has 0 amide bonds. The summed E-state index contributed by atoms with van der Waals surface area (Å²) in [6, 6.07) is 6.84. The van der Waals surface area contributed by atoms with Gasteiger partial charge in [-0.05, 0) is 51.2 Å². The highest BCUT2D eigenvalue weighted by atomic mass is 35.5. The van der Waals surface area contributed by atoms with E-state index in [1.165, 1.54) is 36.8 Å². The first-order chi connectivity index (χ1) is 9.59. The van der Waals surface area contributed by atoms with Crippen molar-refractivity contribution in [2.75, 3.05) is 0 Å². The quantitative estimate of drug-likeness (QED) is 0.692. The Hall–Kier alpha value is -1.02. The van der Waals surface area contributed by atoms with Crippen LogP contribution in [0.5, 0.6) is 0 Å². The van der Waals surface area contributed by atoms with Crippen molar-refractivity contribution in [3.8, 4) is 0 Å². The van der Waals surface area contributed by atoms with E-state index in [1.807, 2.05) is 6.92 Å². The van der Waals surface area contributed by atoms with Gasteiger partial charge in [0.25, 0.3) is 0 Å². The monoisotopic (exact) mass is 290 g/mol. The molecule has 0 N–H and O–H groups in total. The summed E-state index contributed by atoms with van der Waals surface area (Å²) in [6.07, 6.45) is 5.41. The maximum absolute atomic E-state index is 6.40. The Morgan fingerprint density at radius 1 is 1.25 bits per heavy atom. The summed E-state index contributed by atoms with van der Waals surface area (Å²) in [5, 5.41) is -0.0503. The molecule has 0 bridgehead atoms. The van der Waals surface area contributed by atoms with E-state index in [1.54, 1.807) is 0 Å². The molecule has 1 aromatic heterocycles. The summed E-state index contributed by atoms with van der Waals surface area (Å²) < 4.78 is 2.42. The summed E-state index contributed by atoms with van der Waals surface area (Å²) >= 11 is 6.40. The number of aryl methyl sites for hydroxylation is 1. The van der Waals surface area contributed by atoms with Gasteiger partial charge in [-0.3, -0.25) is 0 Å². The number of hydrogen-bond donors (Lipinski definition) is 0. The molecule has 1 aromatic carbocycles. The van der Waals surface area contributed by atoms with Crippen molar-refractivity contribution in [2.24, 2.45) is 5.92 Å². The van der Waals surface area contributed by atoms with Crippen LogP contribution in [0.15, 0.2) is 18.2 Å². The minimum atomic E-state index is -0.0503. The third kappa shape index (κ3) is 2.24. The minimum absolute atomic E-state index is 0.0503. The Balaban J connectivity index is 2.17. The Morgan fingerprint density at radius 3 is 2.60 bits per heavy atom. The van der Waals surface area contributed by atoms with Crippen molar-refractivity contribution < 1.29 is 0 Å². The van der Waals surface area contributed by atoms with E-state index < -0.39 is 0 Å². The number of hydrogen-bond acceptors (Lipinski definition) is 1. The zero-order chi connectivity index (χ0) is 14.3. The highest BCUT2D eigenvalue weighted by molar-refractivity contribution is 6.20. The van der Waals surface area contributed by atoms with E-state index in [0.29, 0.717) is 6.04 Å². The number of alkyl halides is 1. The summed E-state index contributed by atoms with van der Waals surface area (Å²) in [6.45, 7) is 6.53. The topological polar surface area (TPSA) is 17.8 Å². The van der Waals surface area contributed by atoms with Crippen LogP contribution >= 0.6 is 11.6 Å². The number of para-hydroxylation sites is 1. The lowest BCUT2D eigenvalue weighted by atomic mass is 9.99. The van der Waals surface area contributed by atoms with Gasteiger partial charge < -0.3 is 4.57 Å². The molecule has 2 atom stereocenters. The van der Waals surface area contributed by atoms with Crippen molar-refractivity contribution in [3.63, 3.8) is 0 Å². The zero-order valence-electron chi connectivity index (χ0n) is 12.6. The van der Waals surface area contributed by atoms with E-state index in [0.717, 1.165) is 17.3 Å². The first-order valence-electron chi connectivity index (χ1n) is 7.71. The number of benzene rings is 1. The molecule has 2 unspecified atom stereocenters. The summed E-state index contributed by atoms with van der Waals surface area (Å²) in [5.74, 6) is 1.79. The fraction of sp³-hybridized carbons (Fsp3) is 0.588. The van der Waals surface area contributed by atoms with Crippen LogP contribution in [-0.4, -0.2) is 9.55 Å². The van der Waals surface area contributed by atoms with Gasteiger partial charge in [0.1, 0.15) is 5.82 Å². The maximum atomic E-state index is 6.40. The highest BCUT2D eigenvalue weighted by Crippen LogP contribution is 2.38.